The Morgan fingerprint density at radius 2 is 2.00 bits per heavy atom. The molecule has 0 aliphatic rings. The average molecular weight is 417 g/mol. The van der Waals surface area contributed by atoms with Gasteiger partial charge in [0.25, 0.3) is 0 Å². The fourth-order valence-corrected chi connectivity index (χ4v) is 3.28. The Kier molecular flexibility index (Phi) is 7.20. The van der Waals surface area contributed by atoms with E-state index in [1.54, 1.807) is 49.4 Å². The van der Waals surface area contributed by atoms with Crippen LogP contribution >= 0.6 is 11.8 Å². The molecule has 2 aromatic carbocycles. The van der Waals surface area contributed by atoms with Gasteiger partial charge in [0.2, 0.25) is 0 Å². The van der Waals surface area contributed by atoms with Crippen molar-refractivity contribution in [2.75, 3.05) is 19.0 Å². The van der Waals surface area contributed by atoms with Gasteiger partial charge < -0.3 is 14.6 Å². The molecule has 3 aromatic rings. The smallest absolute Gasteiger partial charge is 0.338 e. The third kappa shape index (κ3) is 5.55. The van der Waals surface area contributed by atoms with Crippen LogP contribution in [-0.2, 0) is 4.74 Å². The Bertz CT molecular complexity index is 949. The summed E-state index contributed by atoms with van der Waals surface area (Å²) in [6.07, 6.45) is 0.643. The zero-order valence-corrected chi connectivity index (χ0v) is 16.5. The van der Waals surface area contributed by atoms with Gasteiger partial charge in [0.1, 0.15) is 24.5 Å². The predicted molar refractivity (Wildman–Crippen MR) is 106 cm³/mol. The maximum absolute atomic E-state index is 14.0. The SMILES string of the molecule is CCOC(=O)c1ccc(OCC(O)CSc2nncn2-c2ccccc2F)cc1. The van der Waals surface area contributed by atoms with Crippen LogP contribution in [0.15, 0.2) is 60.0 Å². The number of esters is 1. The van der Waals surface area contributed by atoms with Crippen LogP contribution in [0.1, 0.15) is 17.3 Å². The molecule has 0 fully saturated rings. The Balaban J connectivity index is 1.51. The molecule has 0 radical (unpaired) electrons. The molecule has 0 saturated carbocycles. The molecule has 1 heterocycles. The third-order valence-corrected chi connectivity index (χ3v) is 4.93. The molecule has 1 unspecified atom stereocenters. The Morgan fingerprint density at radius 1 is 1.24 bits per heavy atom. The second-order valence-corrected chi connectivity index (χ2v) is 6.94. The fraction of sp³-hybridized carbons (Fsp3) is 0.250. The largest absolute Gasteiger partial charge is 0.491 e. The van der Waals surface area contributed by atoms with E-state index in [4.69, 9.17) is 9.47 Å². The van der Waals surface area contributed by atoms with Crippen molar-refractivity contribution in [3.63, 3.8) is 0 Å². The molecule has 0 aliphatic heterocycles. The molecule has 1 atom stereocenters. The summed E-state index contributed by atoms with van der Waals surface area (Å²) in [7, 11) is 0. The van der Waals surface area contributed by atoms with Gasteiger partial charge in [-0.15, -0.1) is 10.2 Å². The quantitative estimate of drug-likeness (QED) is 0.423. The van der Waals surface area contributed by atoms with E-state index in [0.29, 0.717) is 28.8 Å². The lowest BCUT2D eigenvalue weighted by Gasteiger charge is -2.13. The second-order valence-electron chi connectivity index (χ2n) is 5.96. The number of aliphatic hydroxyl groups is 1. The van der Waals surface area contributed by atoms with Crippen LogP contribution in [0, 0.1) is 5.82 Å². The zero-order chi connectivity index (χ0) is 20.6. The minimum Gasteiger partial charge on any atom is -0.491 e. The van der Waals surface area contributed by atoms with Gasteiger partial charge in [0.15, 0.2) is 5.16 Å². The molecule has 0 spiro atoms. The predicted octanol–water partition coefficient (Wildman–Crippen LogP) is 3.12. The number of hydrogen-bond donors (Lipinski definition) is 1. The number of rotatable bonds is 9. The fourth-order valence-electron chi connectivity index (χ4n) is 2.45. The number of nitrogens with zero attached hydrogens (tertiary/aromatic N) is 3. The maximum Gasteiger partial charge on any atom is 0.338 e. The summed E-state index contributed by atoms with van der Waals surface area (Å²) >= 11 is 1.24. The summed E-state index contributed by atoms with van der Waals surface area (Å²) in [5, 5.41) is 18.5. The van der Waals surface area contributed by atoms with Crippen LogP contribution in [0.4, 0.5) is 4.39 Å². The number of thioether (sulfide) groups is 1. The summed E-state index contributed by atoms with van der Waals surface area (Å²) in [6, 6.07) is 12.8. The number of para-hydroxylation sites is 1. The number of carbonyl (C=O) groups excluding carboxylic acids is 1. The molecule has 9 heteroatoms. The number of carbonyl (C=O) groups is 1. The minimum absolute atomic E-state index is 0.0551. The van der Waals surface area contributed by atoms with Crippen molar-refractivity contribution in [1.82, 2.24) is 14.8 Å². The second kappa shape index (κ2) is 10.0. The average Bonchev–Trinajstić information content (AvgIpc) is 3.20. The molecule has 152 valence electrons. The van der Waals surface area contributed by atoms with E-state index in [9.17, 15) is 14.3 Å². The van der Waals surface area contributed by atoms with Gasteiger partial charge >= 0.3 is 5.97 Å². The van der Waals surface area contributed by atoms with Crippen LogP contribution in [0.2, 0.25) is 0 Å². The van der Waals surface area contributed by atoms with Gasteiger partial charge in [-0.2, -0.15) is 0 Å². The van der Waals surface area contributed by atoms with Crippen LogP contribution in [0.5, 0.6) is 5.75 Å². The first-order valence-electron chi connectivity index (χ1n) is 8.94. The highest BCUT2D eigenvalue weighted by molar-refractivity contribution is 7.99. The van der Waals surface area contributed by atoms with Crippen molar-refractivity contribution in [2.24, 2.45) is 0 Å². The van der Waals surface area contributed by atoms with Crippen molar-refractivity contribution >= 4 is 17.7 Å². The number of aliphatic hydroxyl groups excluding tert-OH is 1. The molecule has 0 bridgehead atoms. The maximum atomic E-state index is 14.0. The number of aromatic nitrogens is 3. The van der Waals surface area contributed by atoms with E-state index in [1.807, 2.05) is 0 Å². The summed E-state index contributed by atoms with van der Waals surface area (Å²) in [4.78, 5) is 11.6. The molecule has 29 heavy (non-hydrogen) atoms. The Morgan fingerprint density at radius 3 is 2.72 bits per heavy atom. The van der Waals surface area contributed by atoms with E-state index in [2.05, 4.69) is 10.2 Å². The molecule has 0 aliphatic carbocycles. The Labute approximate surface area is 171 Å². The standard InChI is InChI=1S/C20H20FN3O4S/c1-2-27-19(26)14-7-9-16(10-8-14)28-11-15(25)12-29-20-23-22-13-24(20)18-6-4-3-5-17(18)21/h3-10,13,15,25H,2,11-12H2,1H3. The van der Waals surface area contributed by atoms with E-state index in [-0.39, 0.29) is 18.2 Å². The Hall–Kier alpha value is -2.91. The summed E-state index contributed by atoms with van der Waals surface area (Å²) < 4.78 is 26.0. The first kappa shape index (κ1) is 20.8. The topological polar surface area (TPSA) is 86.5 Å². The lowest BCUT2D eigenvalue weighted by Crippen LogP contribution is -2.20. The van der Waals surface area contributed by atoms with E-state index < -0.39 is 12.1 Å². The number of benzene rings is 2. The molecule has 7 nitrogen and oxygen atoms in total. The van der Waals surface area contributed by atoms with Gasteiger partial charge in [-0.25, -0.2) is 9.18 Å². The molecular formula is C20H20FN3O4S. The molecule has 0 amide bonds. The summed E-state index contributed by atoms with van der Waals surface area (Å²) in [5.74, 6) is 0.0315. The van der Waals surface area contributed by atoms with Gasteiger partial charge in [0, 0.05) is 5.75 Å². The molecule has 1 aromatic heterocycles. The monoisotopic (exact) mass is 417 g/mol. The van der Waals surface area contributed by atoms with Gasteiger partial charge in [-0.3, -0.25) is 4.57 Å². The van der Waals surface area contributed by atoms with Crippen LogP contribution in [0.3, 0.4) is 0 Å². The number of ether oxygens (including phenoxy) is 2. The van der Waals surface area contributed by atoms with Crippen molar-refractivity contribution in [2.45, 2.75) is 18.2 Å². The number of halogens is 1. The lowest BCUT2D eigenvalue weighted by molar-refractivity contribution is 0.0526. The van der Waals surface area contributed by atoms with Crippen LogP contribution in [0.25, 0.3) is 5.69 Å². The highest BCUT2D eigenvalue weighted by Gasteiger charge is 2.14. The van der Waals surface area contributed by atoms with E-state index in [0.717, 1.165) is 0 Å². The molecule has 3 rings (SSSR count). The molecule has 1 N–H and O–H groups in total. The highest BCUT2D eigenvalue weighted by Crippen LogP contribution is 2.22. The zero-order valence-electron chi connectivity index (χ0n) is 15.7. The number of hydrogen-bond acceptors (Lipinski definition) is 7. The lowest BCUT2D eigenvalue weighted by atomic mass is 10.2. The van der Waals surface area contributed by atoms with E-state index >= 15 is 0 Å². The third-order valence-electron chi connectivity index (χ3n) is 3.84. The van der Waals surface area contributed by atoms with Crippen molar-refractivity contribution in [3.05, 3.63) is 66.2 Å². The highest BCUT2D eigenvalue weighted by atomic mass is 32.2. The van der Waals surface area contributed by atoms with Crippen molar-refractivity contribution < 1.29 is 23.8 Å². The first-order valence-corrected chi connectivity index (χ1v) is 9.92. The first-order chi connectivity index (χ1) is 14.1. The minimum atomic E-state index is -0.782. The van der Waals surface area contributed by atoms with Gasteiger partial charge in [-0.1, -0.05) is 23.9 Å². The summed E-state index contributed by atoms with van der Waals surface area (Å²) in [5.41, 5.74) is 0.773. The van der Waals surface area contributed by atoms with Crippen molar-refractivity contribution in [3.8, 4) is 11.4 Å². The van der Waals surface area contributed by atoms with Crippen LogP contribution < -0.4 is 4.74 Å². The van der Waals surface area contributed by atoms with Gasteiger partial charge in [0.05, 0.1) is 24.0 Å². The van der Waals surface area contributed by atoms with E-state index in [1.165, 1.54) is 28.7 Å². The normalized spacial score (nSPS) is 11.8. The summed E-state index contributed by atoms with van der Waals surface area (Å²) in [6.45, 7) is 2.11. The van der Waals surface area contributed by atoms with Crippen molar-refractivity contribution in [1.29, 1.82) is 0 Å². The molecular weight excluding hydrogens is 397 g/mol. The molecule has 0 saturated heterocycles. The van der Waals surface area contributed by atoms with Gasteiger partial charge in [-0.05, 0) is 43.3 Å². The van der Waals surface area contributed by atoms with Crippen LogP contribution in [-0.4, -0.2) is 50.9 Å².